The molecular weight excluding hydrogens is 174 g/mol. The zero-order valence-corrected chi connectivity index (χ0v) is 7.94. The summed E-state index contributed by atoms with van der Waals surface area (Å²) in [5.74, 6) is 0.996. The minimum atomic E-state index is -0.114. The largest absolute Gasteiger partial charge is 0.369 e. The van der Waals surface area contributed by atoms with E-state index in [0.29, 0.717) is 11.8 Å². The zero-order valence-electron chi connectivity index (χ0n) is 7.94. The van der Waals surface area contributed by atoms with Crippen molar-refractivity contribution in [1.29, 1.82) is 0 Å². The molecule has 1 amide bonds. The molecule has 0 bridgehead atoms. The third-order valence-electron chi connectivity index (χ3n) is 3.66. The van der Waals surface area contributed by atoms with E-state index < -0.39 is 0 Å². The van der Waals surface area contributed by atoms with Crippen LogP contribution < -0.4 is 5.73 Å². The van der Waals surface area contributed by atoms with Gasteiger partial charge >= 0.3 is 0 Å². The molecule has 2 N–H and O–H groups in total. The van der Waals surface area contributed by atoms with Crippen LogP contribution in [0.4, 0.5) is 0 Å². The summed E-state index contributed by atoms with van der Waals surface area (Å²) in [5.41, 5.74) is 8.16. The number of hydrogen-bond donors (Lipinski definition) is 1. The number of nitrogens with two attached hydrogens (primary N) is 1. The predicted octanol–water partition coefficient (Wildman–Crippen LogP) is 1.45. The molecule has 1 fully saturated rings. The zero-order chi connectivity index (χ0) is 9.71. The van der Waals surface area contributed by atoms with E-state index in [1.807, 2.05) is 0 Å². The number of aryl methyl sites for hydroxylation is 1. The first-order valence-electron chi connectivity index (χ1n) is 5.16. The van der Waals surface area contributed by atoms with Gasteiger partial charge in [0.05, 0.1) is 0 Å². The summed E-state index contributed by atoms with van der Waals surface area (Å²) in [5, 5.41) is 0. The van der Waals surface area contributed by atoms with Crippen LogP contribution in [0.3, 0.4) is 0 Å². The first-order valence-corrected chi connectivity index (χ1v) is 5.16. The van der Waals surface area contributed by atoms with Crippen LogP contribution in [0.5, 0.6) is 0 Å². The Kier molecular flexibility index (Phi) is 1.49. The fourth-order valence-electron chi connectivity index (χ4n) is 2.95. The fourth-order valence-corrected chi connectivity index (χ4v) is 2.95. The lowest BCUT2D eigenvalue weighted by Crippen LogP contribution is -2.14. The van der Waals surface area contributed by atoms with Gasteiger partial charge in [0.2, 0.25) is 5.91 Å². The topological polar surface area (TPSA) is 43.1 Å². The molecule has 3 atom stereocenters. The van der Waals surface area contributed by atoms with Crippen molar-refractivity contribution in [2.75, 3.05) is 0 Å². The van der Waals surface area contributed by atoms with Crippen molar-refractivity contribution in [3.8, 4) is 0 Å². The highest BCUT2D eigenvalue weighted by molar-refractivity contribution is 5.82. The quantitative estimate of drug-likeness (QED) is 0.710. The maximum Gasteiger partial charge on any atom is 0.221 e. The highest BCUT2D eigenvalue weighted by Gasteiger charge is 2.56. The number of amides is 1. The Bertz CT molecular complexity index is 399. The fraction of sp³-hybridized carbons (Fsp3) is 0.417. The third kappa shape index (κ3) is 0.939. The maximum atomic E-state index is 11.2. The molecule has 1 aromatic rings. The molecule has 0 aromatic heterocycles. The average molecular weight is 187 g/mol. The molecule has 3 unspecified atom stereocenters. The molecule has 0 spiro atoms. The van der Waals surface area contributed by atoms with Crippen LogP contribution in [0.25, 0.3) is 0 Å². The van der Waals surface area contributed by atoms with Crippen LogP contribution in [0, 0.1) is 11.8 Å². The van der Waals surface area contributed by atoms with E-state index in [4.69, 9.17) is 5.73 Å². The third-order valence-corrected chi connectivity index (χ3v) is 3.66. The number of carbonyl (C=O) groups excluding carboxylic acids is 1. The Morgan fingerprint density at radius 2 is 2.14 bits per heavy atom. The number of rotatable bonds is 1. The Labute approximate surface area is 83.1 Å². The number of hydrogen-bond acceptors (Lipinski definition) is 1. The van der Waals surface area contributed by atoms with Crippen LogP contribution in [0.2, 0.25) is 0 Å². The molecule has 3 rings (SSSR count). The number of primary amides is 1. The van der Waals surface area contributed by atoms with Crippen LogP contribution in [-0.2, 0) is 11.2 Å². The van der Waals surface area contributed by atoms with Crippen molar-refractivity contribution in [1.82, 2.24) is 0 Å². The van der Waals surface area contributed by atoms with E-state index in [0.717, 1.165) is 12.8 Å². The van der Waals surface area contributed by atoms with Crippen molar-refractivity contribution >= 4 is 5.91 Å². The molecule has 2 heteroatoms. The molecule has 0 radical (unpaired) electrons. The van der Waals surface area contributed by atoms with Crippen LogP contribution >= 0.6 is 0 Å². The highest BCUT2D eigenvalue weighted by atomic mass is 16.1. The molecule has 0 heterocycles. The number of carbonyl (C=O) groups is 1. The Morgan fingerprint density at radius 1 is 1.36 bits per heavy atom. The number of benzene rings is 1. The van der Waals surface area contributed by atoms with Crippen molar-refractivity contribution < 1.29 is 4.79 Å². The second kappa shape index (κ2) is 2.59. The summed E-state index contributed by atoms with van der Waals surface area (Å²) in [6, 6.07) is 8.44. The molecule has 1 aromatic carbocycles. The highest BCUT2D eigenvalue weighted by Crippen LogP contribution is 2.59. The van der Waals surface area contributed by atoms with E-state index >= 15 is 0 Å². The van der Waals surface area contributed by atoms with Gasteiger partial charge in [-0.05, 0) is 35.8 Å². The summed E-state index contributed by atoms with van der Waals surface area (Å²) in [7, 11) is 0. The second-order valence-corrected chi connectivity index (χ2v) is 4.36. The van der Waals surface area contributed by atoms with Gasteiger partial charge in [-0.15, -0.1) is 0 Å². The van der Waals surface area contributed by atoms with Gasteiger partial charge in [-0.1, -0.05) is 24.3 Å². The van der Waals surface area contributed by atoms with E-state index in [1.54, 1.807) is 0 Å². The van der Waals surface area contributed by atoms with Gasteiger partial charge in [0, 0.05) is 5.92 Å². The molecule has 0 saturated heterocycles. The lowest BCUT2D eigenvalue weighted by molar-refractivity contribution is -0.119. The Hall–Kier alpha value is -1.31. The van der Waals surface area contributed by atoms with E-state index in [1.165, 1.54) is 11.1 Å². The minimum Gasteiger partial charge on any atom is -0.369 e. The normalized spacial score (nSPS) is 33.0. The molecule has 1 saturated carbocycles. The maximum absolute atomic E-state index is 11.2. The Balaban J connectivity index is 2.00. The molecule has 2 nitrogen and oxygen atoms in total. The summed E-state index contributed by atoms with van der Waals surface area (Å²) < 4.78 is 0. The van der Waals surface area contributed by atoms with Crippen LogP contribution in [0.1, 0.15) is 23.5 Å². The first kappa shape index (κ1) is 8.04. The molecule has 2 aliphatic carbocycles. The standard InChI is InChI=1S/C12H13NO/c13-12(14)11-9-6-5-7-3-1-2-4-8(7)10(9)11/h1-4,9-11H,5-6H2,(H2,13,14). The molecular formula is C12H13NO. The van der Waals surface area contributed by atoms with Gasteiger partial charge in [0.15, 0.2) is 0 Å². The summed E-state index contributed by atoms with van der Waals surface area (Å²) in [6.07, 6.45) is 2.25. The SMILES string of the molecule is NC(=O)C1C2CCc3ccccc3C21. The Morgan fingerprint density at radius 3 is 2.93 bits per heavy atom. The monoisotopic (exact) mass is 187 g/mol. The van der Waals surface area contributed by atoms with Crippen LogP contribution in [-0.4, -0.2) is 5.91 Å². The van der Waals surface area contributed by atoms with Gasteiger partial charge in [0.1, 0.15) is 0 Å². The molecule has 0 aliphatic heterocycles. The smallest absolute Gasteiger partial charge is 0.221 e. The number of fused-ring (bicyclic) bond motifs is 3. The van der Waals surface area contributed by atoms with Crippen LogP contribution in [0.15, 0.2) is 24.3 Å². The molecule has 72 valence electrons. The predicted molar refractivity (Wildman–Crippen MR) is 53.7 cm³/mol. The van der Waals surface area contributed by atoms with Crippen molar-refractivity contribution in [3.05, 3.63) is 35.4 Å². The summed E-state index contributed by atoms with van der Waals surface area (Å²) in [4.78, 5) is 11.2. The van der Waals surface area contributed by atoms with Crippen molar-refractivity contribution in [3.63, 3.8) is 0 Å². The van der Waals surface area contributed by atoms with Crippen molar-refractivity contribution in [2.45, 2.75) is 18.8 Å². The minimum absolute atomic E-state index is 0.114. The summed E-state index contributed by atoms with van der Waals surface area (Å²) >= 11 is 0. The van der Waals surface area contributed by atoms with Gasteiger partial charge < -0.3 is 5.73 Å². The van der Waals surface area contributed by atoms with E-state index in [2.05, 4.69) is 24.3 Å². The summed E-state index contributed by atoms with van der Waals surface area (Å²) in [6.45, 7) is 0. The lowest BCUT2D eigenvalue weighted by atomic mass is 9.92. The van der Waals surface area contributed by atoms with Gasteiger partial charge in [-0.2, -0.15) is 0 Å². The second-order valence-electron chi connectivity index (χ2n) is 4.36. The van der Waals surface area contributed by atoms with Gasteiger partial charge in [-0.25, -0.2) is 0 Å². The molecule has 14 heavy (non-hydrogen) atoms. The van der Waals surface area contributed by atoms with E-state index in [-0.39, 0.29) is 11.8 Å². The average Bonchev–Trinajstić information content (AvgIpc) is 2.92. The molecule has 2 aliphatic rings. The lowest BCUT2D eigenvalue weighted by Gasteiger charge is -2.13. The van der Waals surface area contributed by atoms with Gasteiger partial charge in [0.25, 0.3) is 0 Å². The van der Waals surface area contributed by atoms with Crippen molar-refractivity contribution in [2.24, 2.45) is 17.6 Å². The van der Waals surface area contributed by atoms with Gasteiger partial charge in [-0.3, -0.25) is 4.79 Å². The van der Waals surface area contributed by atoms with E-state index in [9.17, 15) is 4.79 Å². The first-order chi connectivity index (χ1) is 6.79.